The first-order valence-corrected chi connectivity index (χ1v) is 10.1. The minimum atomic E-state index is -1.00. The van der Waals surface area contributed by atoms with Gasteiger partial charge in [-0.15, -0.1) is 0 Å². The minimum Gasteiger partial charge on any atom is -0.507 e. The summed E-state index contributed by atoms with van der Waals surface area (Å²) in [5.74, 6) is -1.35. The Kier molecular flexibility index (Phi) is 5.77. The molecule has 2 heterocycles. The van der Waals surface area contributed by atoms with Crippen LogP contribution in [0.25, 0.3) is 5.76 Å². The zero-order valence-electron chi connectivity index (χ0n) is 17.5. The van der Waals surface area contributed by atoms with Gasteiger partial charge in [-0.05, 0) is 55.3 Å². The molecule has 164 valence electrons. The lowest BCUT2D eigenvalue weighted by Gasteiger charge is -2.22. The fraction of sp³-hybridized carbons (Fsp3) is 0.208. The molecule has 1 aliphatic rings. The van der Waals surface area contributed by atoms with Gasteiger partial charge in [0, 0.05) is 11.6 Å². The number of halogens is 1. The largest absolute Gasteiger partial charge is 0.507 e. The summed E-state index contributed by atoms with van der Waals surface area (Å²) in [5.41, 5.74) is 0.662. The SMILES string of the molecule is CCCOc1ccc(C(O)=C2C(=O)C(=O)N(c3cc(C)on3)[C@H]2c2ccc(F)cc2)cc1. The second kappa shape index (κ2) is 8.66. The Morgan fingerprint density at radius 3 is 2.44 bits per heavy atom. The molecule has 0 aliphatic carbocycles. The number of aromatic nitrogens is 1. The number of benzene rings is 2. The highest BCUT2D eigenvalue weighted by molar-refractivity contribution is 6.51. The lowest BCUT2D eigenvalue weighted by molar-refractivity contribution is -0.132. The number of anilines is 1. The van der Waals surface area contributed by atoms with Crippen LogP contribution < -0.4 is 9.64 Å². The van der Waals surface area contributed by atoms with E-state index < -0.39 is 23.5 Å². The van der Waals surface area contributed by atoms with Crippen LogP contribution in [0.1, 0.15) is 36.3 Å². The monoisotopic (exact) mass is 436 g/mol. The number of aryl methyl sites for hydroxylation is 1. The maximum Gasteiger partial charge on any atom is 0.301 e. The van der Waals surface area contributed by atoms with Gasteiger partial charge in [-0.25, -0.2) is 4.39 Å². The highest BCUT2D eigenvalue weighted by atomic mass is 19.1. The van der Waals surface area contributed by atoms with Gasteiger partial charge in [0.15, 0.2) is 5.82 Å². The number of carbonyl (C=O) groups is 2. The first-order chi connectivity index (χ1) is 15.4. The van der Waals surface area contributed by atoms with Crippen molar-refractivity contribution in [2.24, 2.45) is 0 Å². The maximum atomic E-state index is 13.5. The molecule has 2 aromatic carbocycles. The Bertz CT molecular complexity index is 1180. The quantitative estimate of drug-likeness (QED) is 0.347. The van der Waals surface area contributed by atoms with Crippen LogP contribution in [0.3, 0.4) is 0 Å². The number of nitrogens with zero attached hydrogens (tertiary/aromatic N) is 2. The van der Waals surface area contributed by atoms with Crippen LogP contribution >= 0.6 is 0 Å². The number of hydrogen-bond acceptors (Lipinski definition) is 6. The van der Waals surface area contributed by atoms with Gasteiger partial charge >= 0.3 is 5.91 Å². The fourth-order valence-electron chi connectivity index (χ4n) is 3.58. The summed E-state index contributed by atoms with van der Waals surface area (Å²) < 4.78 is 24.2. The molecule has 7 nitrogen and oxygen atoms in total. The maximum absolute atomic E-state index is 13.5. The standard InChI is InChI=1S/C24H21FN2O5/c1-3-12-31-18-10-6-16(7-11-18)22(28)20-21(15-4-8-17(25)9-5-15)27(24(30)23(20)29)19-13-14(2)32-26-19/h4-11,13,21,28H,3,12H2,1-2H3/t21-/m0/s1. The third-order valence-electron chi connectivity index (χ3n) is 5.09. The average molecular weight is 436 g/mol. The van der Waals surface area contributed by atoms with Crippen molar-refractivity contribution in [2.45, 2.75) is 26.3 Å². The van der Waals surface area contributed by atoms with Crippen molar-refractivity contribution >= 4 is 23.3 Å². The second-order valence-corrected chi connectivity index (χ2v) is 7.39. The van der Waals surface area contributed by atoms with Gasteiger partial charge in [-0.2, -0.15) is 0 Å². The molecule has 1 atom stereocenters. The van der Waals surface area contributed by atoms with Crippen LogP contribution in [0, 0.1) is 12.7 Å². The third kappa shape index (κ3) is 3.87. The van der Waals surface area contributed by atoms with E-state index in [4.69, 9.17) is 9.26 Å². The van der Waals surface area contributed by atoms with Gasteiger partial charge in [0.25, 0.3) is 5.78 Å². The summed E-state index contributed by atoms with van der Waals surface area (Å²) in [6.45, 7) is 4.20. The van der Waals surface area contributed by atoms with Gasteiger partial charge < -0.3 is 14.4 Å². The van der Waals surface area contributed by atoms with Crippen LogP contribution in [-0.4, -0.2) is 28.6 Å². The van der Waals surface area contributed by atoms with Crippen molar-refractivity contribution < 1.29 is 28.3 Å². The minimum absolute atomic E-state index is 0.121. The highest BCUT2D eigenvalue weighted by Gasteiger charge is 2.48. The van der Waals surface area contributed by atoms with E-state index >= 15 is 0 Å². The first kappa shape index (κ1) is 21.3. The summed E-state index contributed by atoms with van der Waals surface area (Å²) in [4.78, 5) is 27.1. The van der Waals surface area contributed by atoms with Crippen LogP contribution in [0.5, 0.6) is 5.75 Å². The number of aliphatic hydroxyl groups excluding tert-OH is 1. The number of hydrogen-bond donors (Lipinski definition) is 1. The Morgan fingerprint density at radius 1 is 1.16 bits per heavy atom. The molecule has 1 saturated heterocycles. The third-order valence-corrected chi connectivity index (χ3v) is 5.09. The van der Waals surface area contributed by atoms with Gasteiger partial charge in [0.1, 0.15) is 23.1 Å². The molecular weight excluding hydrogens is 415 g/mol. The number of rotatable bonds is 6. The Balaban J connectivity index is 1.83. The normalized spacial score (nSPS) is 17.7. The molecule has 1 aliphatic heterocycles. The second-order valence-electron chi connectivity index (χ2n) is 7.39. The number of carbonyl (C=O) groups excluding carboxylic acids is 2. The van der Waals surface area contributed by atoms with E-state index in [0.29, 0.717) is 29.2 Å². The van der Waals surface area contributed by atoms with Gasteiger partial charge in [-0.1, -0.05) is 24.2 Å². The molecule has 0 radical (unpaired) electrons. The number of Topliss-reactive ketones (excluding diaryl/α,β-unsaturated/α-hetero) is 1. The van der Waals surface area contributed by atoms with Crippen molar-refractivity contribution in [1.29, 1.82) is 0 Å². The average Bonchev–Trinajstić information content (AvgIpc) is 3.33. The smallest absolute Gasteiger partial charge is 0.301 e. The Morgan fingerprint density at radius 2 is 1.84 bits per heavy atom. The molecule has 4 rings (SSSR count). The molecule has 0 bridgehead atoms. The van der Waals surface area contributed by atoms with E-state index in [1.807, 2.05) is 6.92 Å². The number of ether oxygens (including phenoxy) is 1. The van der Waals surface area contributed by atoms with Crippen molar-refractivity contribution in [3.63, 3.8) is 0 Å². The van der Waals surface area contributed by atoms with Crippen LogP contribution in [0.15, 0.2) is 64.7 Å². The molecule has 1 amide bonds. The van der Waals surface area contributed by atoms with Gasteiger partial charge in [0.05, 0.1) is 18.2 Å². The van der Waals surface area contributed by atoms with Crippen LogP contribution in [-0.2, 0) is 9.59 Å². The lowest BCUT2D eigenvalue weighted by atomic mass is 9.95. The van der Waals surface area contributed by atoms with E-state index in [9.17, 15) is 19.1 Å². The molecule has 32 heavy (non-hydrogen) atoms. The van der Waals surface area contributed by atoms with E-state index in [1.165, 1.54) is 30.3 Å². The molecule has 1 N–H and O–H groups in total. The summed E-state index contributed by atoms with van der Waals surface area (Å²) in [7, 11) is 0. The topological polar surface area (TPSA) is 92.9 Å². The molecule has 0 spiro atoms. The first-order valence-electron chi connectivity index (χ1n) is 10.1. The molecule has 1 fully saturated rings. The molecule has 3 aromatic rings. The zero-order chi connectivity index (χ0) is 22.8. The van der Waals surface area contributed by atoms with Crippen LogP contribution in [0.2, 0.25) is 0 Å². The highest BCUT2D eigenvalue weighted by Crippen LogP contribution is 2.42. The molecular formula is C24H21FN2O5. The number of amides is 1. The summed E-state index contributed by atoms with van der Waals surface area (Å²) in [5, 5.41) is 14.9. The van der Waals surface area contributed by atoms with E-state index in [0.717, 1.165) is 11.3 Å². The Labute approximate surface area is 183 Å². The van der Waals surface area contributed by atoms with Crippen molar-refractivity contribution in [2.75, 3.05) is 11.5 Å². The van der Waals surface area contributed by atoms with Crippen LogP contribution in [0.4, 0.5) is 10.2 Å². The fourth-order valence-corrected chi connectivity index (χ4v) is 3.58. The van der Waals surface area contributed by atoms with Gasteiger partial charge in [-0.3, -0.25) is 14.5 Å². The molecule has 0 unspecified atom stereocenters. The lowest BCUT2D eigenvalue weighted by Crippen LogP contribution is -2.29. The molecule has 0 saturated carbocycles. The molecule has 8 heteroatoms. The van der Waals surface area contributed by atoms with E-state index in [-0.39, 0.29) is 17.2 Å². The van der Waals surface area contributed by atoms with Crippen molar-refractivity contribution in [3.8, 4) is 5.75 Å². The van der Waals surface area contributed by atoms with Crippen molar-refractivity contribution in [1.82, 2.24) is 5.16 Å². The summed E-state index contributed by atoms with van der Waals surface area (Å²) in [6.07, 6.45) is 0.852. The van der Waals surface area contributed by atoms with E-state index in [2.05, 4.69) is 5.16 Å². The van der Waals surface area contributed by atoms with E-state index in [1.54, 1.807) is 31.2 Å². The number of ketones is 1. The Hall–Kier alpha value is -3.94. The summed E-state index contributed by atoms with van der Waals surface area (Å²) >= 11 is 0. The predicted octanol–water partition coefficient (Wildman–Crippen LogP) is 4.54. The summed E-state index contributed by atoms with van der Waals surface area (Å²) in [6, 6.07) is 12.4. The molecule has 1 aromatic heterocycles. The van der Waals surface area contributed by atoms with Crippen molar-refractivity contribution in [3.05, 3.63) is 82.9 Å². The zero-order valence-corrected chi connectivity index (χ0v) is 17.5. The van der Waals surface area contributed by atoms with Gasteiger partial charge in [0.2, 0.25) is 0 Å². The number of aliphatic hydroxyl groups is 1. The predicted molar refractivity (Wildman–Crippen MR) is 115 cm³/mol.